The van der Waals surface area contributed by atoms with Gasteiger partial charge in [-0.05, 0) is 31.9 Å². The highest BCUT2D eigenvalue weighted by atomic mass is 79.9. The third-order valence-electron chi connectivity index (χ3n) is 1.52. The molecule has 0 fully saturated rings. The number of ether oxygens (including phenoxy) is 1. The van der Waals surface area contributed by atoms with Crippen LogP contribution in [0.1, 0.15) is 13.8 Å². The lowest BCUT2D eigenvalue weighted by molar-refractivity contribution is -0.143. The summed E-state index contributed by atoms with van der Waals surface area (Å²) in [5.41, 5.74) is -0.272. The van der Waals surface area contributed by atoms with Gasteiger partial charge < -0.3 is 4.74 Å². The van der Waals surface area contributed by atoms with Gasteiger partial charge in [-0.2, -0.15) is 0 Å². The zero-order valence-electron chi connectivity index (χ0n) is 7.44. The minimum absolute atomic E-state index is 0.272. The van der Waals surface area contributed by atoms with Crippen molar-refractivity contribution >= 4 is 53.8 Å². The zero-order chi connectivity index (χ0) is 10.7. The lowest BCUT2D eigenvalue weighted by Crippen LogP contribution is -2.38. The maximum Gasteiger partial charge on any atom is 0.332 e. The number of rotatable bonds is 4. The van der Waals surface area contributed by atoms with Crippen molar-refractivity contribution in [3.05, 3.63) is 12.7 Å². The van der Waals surface area contributed by atoms with E-state index in [4.69, 9.17) is 4.74 Å². The lowest BCUT2D eigenvalue weighted by atomic mass is 9.98. The minimum atomic E-state index is -0.873. The Hall–Kier alpha value is 0.650. The maximum absolute atomic E-state index is 11.0. The Morgan fingerprint density at radius 3 is 2.31 bits per heavy atom. The smallest absolute Gasteiger partial charge is 0.332 e. The average Bonchev–Trinajstić information content (AvgIpc) is 2.03. The molecule has 0 spiro atoms. The third kappa shape index (κ3) is 3.72. The van der Waals surface area contributed by atoms with Crippen LogP contribution in [-0.2, 0) is 9.53 Å². The van der Waals surface area contributed by atoms with Crippen LogP contribution in [0.25, 0.3) is 0 Å². The van der Waals surface area contributed by atoms with Gasteiger partial charge in [0.15, 0.2) is 0 Å². The van der Waals surface area contributed by atoms with Crippen molar-refractivity contribution in [2.24, 2.45) is 5.41 Å². The number of alkyl halides is 3. The van der Waals surface area contributed by atoms with Crippen molar-refractivity contribution in [1.29, 1.82) is 0 Å². The molecular formula is C8H11Br3O2. The quantitative estimate of drug-likeness (QED) is 0.424. The van der Waals surface area contributed by atoms with Crippen LogP contribution in [0, 0.1) is 5.41 Å². The largest absolute Gasteiger partial charge is 0.433 e. The fourth-order valence-electron chi connectivity index (χ4n) is 0.384. The van der Waals surface area contributed by atoms with Gasteiger partial charge in [0.05, 0.1) is 0 Å². The van der Waals surface area contributed by atoms with Crippen LogP contribution in [0.3, 0.4) is 0 Å². The van der Waals surface area contributed by atoms with Crippen molar-refractivity contribution in [3.63, 3.8) is 0 Å². The Morgan fingerprint density at radius 1 is 1.54 bits per heavy atom. The monoisotopic (exact) mass is 376 g/mol. The van der Waals surface area contributed by atoms with Crippen molar-refractivity contribution in [2.75, 3.05) is 5.33 Å². The van der Waals surface area contributed by atoms with E-state index < -0.39 is 9.39 Å². The molecule has 0 aliphatic rings. The first-order valence-corrected chi connectivity index (χ1v) is 6.27. The summed E-state index contributed by atoms with van der Waals surface area (Å²) in [7, 11) is 0. The molecule has 0 bridgehead atoms. The van der Waals surface area contributed by atoms with E-state index in [1.54, 1.807) is 0 Å². The molecule has 0 amide bonds. The van der Waals surface area contributed by atoms with Gasteiger partial charge in [0.25, 0.3) is 0 Å². The first-order chi connectivity index (χ1) is 5.77. The average molecular weight is 379 g/mol. The predicted molar refractivity (Wildman–Crippen MR) is 64.4 cm³/mol. The second-order valence-corrected chi connectivity index (χ2v) is 7.02. The second kappa shape index (κ2) is 4.94. The molecule has 0 radical (unpaired) electrons. The maximum atomic E-state index is 11.0. The molecule has 0 atom stereocenters. The molecule has 0 unspecified atom stereocenters. The van der Waals surface area contributed by atoms with Gasteiger partial charge in [-0.15, -0.1) is 0 Å². The molecule has 0 rings (SSSR count). The van der Waals surface area contributed by atoms with E-state index in [1.165, 1.54) is 0 Å². The fourth-order valence-corrected chi connectivity index (χ4v) is 2.13. The molecule has 0 aromatic rings. The highest BCUT2D eigenvalue weighted by Crippen LogP contribution is 2.46. The standard InChI is InChI=1S/C8H11Br3O2/c1-4-6(12)13-8(10,11)7(2,3)5-9/h4H,1,5H2,2-3H3. The van der Waals surface area contributed by atoms with Gasteiger partial charge in [-0.3, -0.25) is 0 Å². The highest BCUT2D eigenvalue weighted by Gasteiger charge is 2.43. The molecule has 0 heterocycles. The molecular weight excluding hydrogens is 368 g/mol. The lowest BCUT2D eigenvalue weighted by Gasteiger charge is -2.35. The minimum Gasteiger partial charge on any atom is -0.433 e. The van der Waals surface area contributed by atoms with Crippen LogP contribution in [0.2, 0.25) is 0 Å². The molecule has 0 aliphatic heterocycles. The predicted octanol–water partition coefficient (Wildman–Crippen LogP) is 3.58. The highest BCUT2D eigenvalue weighted by molar-refractivity contribution is 9.25. The van der Waals surface area contributed by atoms with Gasteiger partial charge in [0.1, 0.15) is 0 Å². The normalized spacial score (nSPS) is 12.4. The van der Waals surface area contributed by atoms with Gasteiger partial charge in [-0.1, -0.05) is 36.4 Å². The fraction of sp³-hybridized carbons (Fsp3) is 0.625. The first kappa shape index (κ1) is 13.7. The van der Waals surface area contributed by atoms with Gasteiger partial charge in [0.2, 0.25) is 3.42 Å². The summed E-state index contributed by atoms with van der Waals surface area (Å²) in [5, 5.41) is 0.681. The summed E-state index contributed by atoms with van der Waals surface area (Å²) in [5.74, 6) is -0.470. The van der Waals surface area contributed by atoms with E-state index in [9.17, 15) is 4.79 Å². The summed E-state index contributed by atoms with van der Waals surface area (Å²) in [4.78, 5) is 11.0. The number of carbonyl (C=O) groups is 1. The van der Waals surface area contributed by atoms with E-state index in [0.717, 1.165) is 6.08 Å². The van der Waals surface area contributed by atoms with E-state index >= 15 is 0 Å². The molecule has 0 N–H and O–H groups in total. The Labute approximate surface area is 103 Å². The van der Waals surface area contributed by atoms with Crippen LogP contribution in [0.4, 0.5) is 0 Å². The van der Waals surface area contributed by atoms with Crippen molar-refractivity contribution in [3.8, 4) is 0 Å². The zero-order valence-corrected chi connectivity index (χ0v) is 12.2. The molecule has 5 heteroatoms. The Bertz CT molecular complexity index is 211. The topological polar surface area (TPSA) is 26.3 Å². The van der Waals surface area contributed by atoms with E-state index in [1.807, 2.05) is 13.8 Å². The van der Waals surface area contributed by atoms with Gasteiger partial charge in [-0.25, -0.2) is 4.79 Å². The Morgan fingerprint density at radius 2 is 2.00 bits per heavy atom. The molecule has 0 aromatic heterocycles. The van der Waals surface area contributed by atoms with E-state index in [0.29, 0.717) is 5.33 Å². The van der Waals surface area contributed by atoms with E-state index in [-0.39, 0.29) is 5.41 Å². The van der Waals surface area contributed by atoms with Crippen LogP contribution >= 0.6 is 47.8 Å². The number of hydrogen-bond donors (Lipinski definition) is 0. The number of halogens is 3. The molecule has 0 saturated carbocycles. The number of esters is 1. The van der Waals surface area contributed by atoms with Gasteiger partial charge in [0, 0.05) is 16.8 Å². The number of hydrogen-bond acceptors (Lipinski definition) is 2. The van der Waals surface area contributed by atoms with E-state index in [2.05, 4.69) is 54.4 Å². The molecule has 2 nitrogen and oxygen atoms in total. The Balaban J connectivity index is 4.56. The van der Waals surface area contributed by atoms with Crippen LogP contribution in [0.15, 0.2) is 12.7 Å². The van der Waals surface area contributed by atoms with Crippen molar-refractivity contribution < 1.29 is 9.53 Å². The van der Waals surface area contributed by atoms with Crippen LogP contribution < -0.4 is 0 Å². The molecule has 76 valence electrons. The van der Waals surface area contributed by atoms with Crippen LogP contribution in [-0.4, -0.2) is 14.7 Å². The molecule has 0 aromatic carbocycles. The van der Waals surface area contributed by atoms with Crippen molar-refractivity contribution in [1.82, 2.24) is 0 Å². The Kier molecular flexibility index (Phi) is 5.18. The molecule has 0 aliphatic carbocycles. The third-order valence-corrected chi connectivity index (χ3v) is 5.39. The second-order valence-electron chi connectivity index (χ2n) is 3.16. The summed E-state index contributed by atoms with van der Waals surface area (Å²) >= 11 is 9.94. The SMILES string of the molecule is C=CC(=O)OC(Br)(Br)C(C)(C)CBr. The summed E-state index contributed by atoms with van der Waals surface area (Å²) < 4.78 is 4.22. The van der Waals surface area contributed by atoms with Crippen molar-refractivity contribution in [2.45, 2.75) is 17.3 Å². The van der Waals surface area contributed by atoms with Gasteiger partial charge >= 0.3 is 5.97 Å². The number of carbonyl (C=O) groups excluding carboxylic acids is 1. The summed E-state index contributed by atoms with van der Waals surface area (Å²) in [6.45, 7) is 7.22. The van der Waals surface area contributed by atoms with Crippen LogP contribution in [0.5, 0.6) is 0 Å². The summed E-state index contributed by atoms with van der Waals surface area (Å²) in [6.07, 6.45) is 1.13. The molecule has 13 heavy (non-hydrogen) atoms. The molecule has 0 saturated heterocycles. The first-order valence-electron chi connectivity index (χ1n) is 3.56. The summed E-state index contributed by atoms with van der Waals surface area (Å²) in [6, 6.07) is 0.